The number of thioether (sulfide) groups is 1. The topological polar surface area (TPSA) is 35.5 Å². The Hall–Kier alpha value is -0.0600. The van der Waals surface area contributed by atoms with E-state index in [4.69, 9.17) is 9.47 Å². The third-order valence-electron chi connectivity index (χ3n) is 5.34. The molecule has 0 aromatic heterocycles. The first-order valence-corrected chi connectivity index (χ1v) is 9.79. The lowest BCUT2D eigenvalue weighted by molar-refractivity contribution is -0.139. The molecule has 0 aromatic carbocycles. The summed E-state index contributed by atoms with van der Waals surface area (Å²) >= 11 is 2.02. The number of ether oxygens (including phenoxy) is 2. The van der Waals surface area contributed by atoms with Gasteiger partial charge in [0.15, 0.2) is 0 Å². The van der Waals surface area contributed by atoms with Crippen molar-refractivity contribution in [3.8, 4) is 0 Å². The number of rotatable bonds is 4. The lowest BCUT2D eigenvalue weighted by Crippen LogP contribution is -2.44. The molecule has 3 aliphatic heterocycles. The number of hydrogen-bond acceptors (Lipinski definition) is 4. The molecule has 2 unspecified atom stereocenters. The fourth-order valence-corrected chi connectivity index (χ4v) is 5.17. The van der Waals surface area contributed by atoms with Crippen LogP contribution in [-0.2, 0) is 14.3 Å². The van der Waals surface area contributed by atoms with Gasteiger partial charge in [0.25, 0.3) is 0 Å². The van der Waals surface area contributed by atoms with Crippen molar-refractivity contribution in [2.24, 2.45) is 5.92 Å². The highest BCUT2D eigenvalue weighted by Gasteiger charge is 2.40. The fraction of sp³-hybridized carbons (Fsp3) is 0.941. The quantitative estimate of drug-likeness (QED) is 0.794. The Kier molecular flexibility index (Phi) is 5.63. The normalized spacial score (nSPS) is 33.0. The molecule has 1 spiro atoms. The first-order chi connectivity index (χ1) is 10.3. The predicted octanol–water partition coefficient (Wildman–Crippen LogP) is 3.60. The lowest BCUT2D eigenvalue weighted by atomic mass is 9.79. The fourth-order valence-electron chi connectivity index (χ4n) is 3.94. The van der Waals surface area contributed by atoms with Crippen molar-refractivity contribution >= 4 is 17.5 Å². The number of carbonyl (C=O) groups is 1. The van der Waals surface area contributed by atoms with Crippen LogP contribution in [0.3, 0.4) is 0 Å². The van der Waals surface area contributed by atoms with Crippen molar-refractivity contribution < 1.29 is 14.3 Å². The number of ketones is 1. The molecule has 3 rings (SSSR count). The first kappa shape index (κ1) is 15.8. The van der Waals surface area contributed by atoms with Gasteiger partial charge in [-0.25, -0.2) is 0 Å². The van der Waals surface area contributed by atoms with E-state index in [0.29, 0.717) is 18.3 Å². The van der Waals surface area contributed by atoms with Crippen LogP contribution in [0.25, 0.3) is 0 Å². The molecular formula is C17H28O3S. The largest absolute Gasteiger partial charge is 0.378 e. The molecule has 3 aliphatic rings. The second-order valence-corrected chi connectivity index (χ2v) is 8.05. The first-order valence-electron chi connectivity index (χ1n) is 8.63. The number of Topliss-reactive ketones (excluding diaryl/α,β-unsaturated/α-hetero) is 1. The van der Waals surface area contributed by atoms with Crippen LogP contribution in [0.2, 0.25) is 0 Å². The molecule has 3 heterocycles. The highest BCUT2D eigenvalue weighted by molar-refractivity contribution is 7.99. The van der Waals surface area contributed by atoms with Gasteiger partial charge in [0.05, 0.1) is 11.7 Å². The third kappa shape index (κ3) is 4.23. The average Bonchev–Trinajstić information content (AvgIpc) is 2.54. The summed E-state index contributed by atoms with van der Waals surface area (Å²) in [5, 5.41) is 0. The van der Waals surface area contributed by atoms with E-state index in [1.54, 1.807) is 0 Å². The van der Waals surface area contributed by atoms with Crippen molar-refractivity contribution in [2.75, 3.05) is 24.7 Å². The smallest absolute Gasteiger partial charge is 0.136 e. The Labute approximate surface area is 132 Å². The van der Waals surface area contributed by atoms with Crippen LogP contribution >= 0.6 is 11.8 Å². The average molecular weight is 312 g/mol. The van der Waals surface area contributed by atoms with Gasteiger partial charge in [-0.1, -0.05) is 0 Å². The van der Waals surface area contributed by atoms with E-state index in [9.17, 15) is 4.79 Å². The summed E-state index contributed by atoms with van der Waals surface area (Å²) < 4.78 is 11.8. The van der Waals surface area contributed by atoms with Crippen LogP contribution in [0.1, 0.15) is 57.8 Å². The zero-order valence-electron chi connectivity index (χ0n) is 13.0. The Morgan fingerprint density at radius 1 is 1.14 bits per heavy atom. The Bertz CT molecular complexity index is 340. The summed E-state index contributed by atoms with van der Waals surface area (Å²) in [6, 6.07) is 0. The summed E-state index contributed by atoms with van der Waals surface area (Å²) in [6.45, 7) is 1.66. The van der Waals surface area contributed by atoms with Crippen molar-refractivity contribution in [3.05, 3.63) is 0 Å². The van der Waals surface area contributed by atoms with Crippen molar-refractivity contribution in [2.45, 2.75) is 69.5 Å². The van der Waals surface area contributed by atoms with E-state index in [1.165, 1.54) is 24.3 Å². The molecule has 0 bridgehead atoms. The summed E-state index contributed by atoms with van der Waals surface area (Å²) in [5.74, 6) is 3.09. The maximum Gasteiger partial charge on any atom is 0.136 e. The Morgan fingerprint density at radius 3 is 2.76 bits per heavy atom. The lowest BCUT2D eigenvalue weighted by Gasteiger charge is -2.43. The zero-order valence-corrected chi connectivity index (χ0v) is 13.8. The van der Waals surface area contributed by atoms with Crippen LogP contribution in [0, 0.1) is 5.92 Å². The summed E-state index contributed by atoms with van der Waals surface area (Å²) in [6.07, 6.45) is 9.73. The maximum atomic E-state index is 12.6. The molecule has 4 heteroatoms. The Morgan fingerprint density at radius 2 is 2.00 bits per heavy atom. The second-order valence-electron chi connectivity index (χ2n) is 6.83. The molecule has 3 saturated heterocycles. The monoisotopic (exact) mass is 312 g/mol. The summed E-state index contributed by atoms with van der Waals surface area (Å²) in [7, 11) is 0. The van der Waals surface area contributed by atoms with E-state index < -0.39 is 0 Å². The minimum absolute atomic E-state index is 0.0329. The number of carbonyl (C=O) groups excluding carboxylic acids is 1. The van der Waals surface area contributed by atoms with Gasteiger partial charge < -0.3 is 9.47 Å². The van der Waals surface area contributed by atoms with Gasteiger partial charge in [0.2, 0.25) is 0 Å². The zero-order chi connectivity index (χ0) is 14.5. The summed E-state index contributed by atoms with van der Waals surface area (Å²) in [4.78, 5) is 12.6. The van der Waals surface area contributed by atoms with Crippen LogP contribution in [-0.4, -0.2) is 42.2 Å². The molecule has 2 atom stereocenters. The van der Waals surface area contributed by atoms with Crippen molar-refractivity contribution in [1.29, 1.82) is 0 Å². The molecule has 0 radical (unpaired) electrons. The van der Waals surface area contributed by atoms with Gasteiger partial charge in [-0.15, -0.1) is 0 Å². The van der Waals surface area contributed by atoms with Gasteiger partial charge in [-0.2, -0.15) is 11.8 Å². The van der Waals surface area contributed by atoms with Gasteiger partial charge >= 0.3 is 0 Å². The van der Waals surface area contributed by atoms with E-state index in [0.717, 1.165) is 51.7 Å². The van der Waals surface area contributed by atoms with E-state index >= 15 is 0 Å². The molecule has 21 heavy (non-hydrogen) atoms. The van der Waals surface area contributed by atoms with Gasteiger partial charge in [0.1, 0.15) is 5.78 Å². The van der Waals surface area contributed by atoms with Gasteiger partial charge in [0, 0.05) is 25.6 Å². The number of hydrogen-bond donors (Lipinski definition) is 0. The minimum atomic E-state index is 0.0329. The third-order valence-corrected chi connectivity index (χ3v) is 6.32. The van der Waals surface area contributed by atoms with Crippen LogP contribution in [0.15, 0.2) is 0 Å². The molecule has 120 valence electrons. The van der Waals surface area contributed by atoms with Crippen LogP contribution in [0.4, 0.5) is 0 Å². The summed E-state index contributed by atoms with van der Waals surface area (Å²) in [5.41, 5.74) is 0.0329. The van der Waals surface area contributed by atoms with E-state index in [1.807, 2.05) is 11.8 Å². The maximum absolute atomic E-state index is 12.6. The molecule has 0 N–H and O–H groups in total. The molecule has 3 nitrogen and oxygen atoms in total. The van der Waals surface area contributed by atoms with Gasteiger partial charge in [-0.3, -0.25) is 4.79 Å². The molecule has 0 saturated carbocycles. The van der Waals surface area contributed by atoms with E-state index in [2.05, 4.69) is 0 Å². The van der Waals surface area contributed by atoms with Crippen molar-refractivity contribution in [1.82, 2.24) is 0 Å². The minimum Gasteiger partial charge on any atom is -0.378 e. The molecular weight excluding hydrogens is 284 g/mol. The molecule has 3 fully saturated rings. The standard InChI is InChI=1S/C17H28O3S/c18-16(5-4-15-3-1-2-9-19-15)14-6-10-20-17(13-14)7-11-21-12-8-17/h14-15H,1-13H2. The molecule has 0 aliphatic carbocycles. The highest BCUT2D eigenvalue weighted by Crippen LogP contribution is 2.40. The van der Waals surface area contributed by atoms with Crippen LogP contribution in [0.5, 0.6) is 0 Å². The second kappa shape index (κ2) is 7.47. The predicted molar refractivity (Wildman–Crippen MR) is 85.8 cm³/mol. The van der Waals surface area contributed by atoms with E-state index in [-0.39, 0.29) is 11.5 Å². The highest BCUT2D eigenvalue weighted by atomic mass is 32.2. The van der Waals surface area contributed by atoms with Gasteiger partial charge in [-0.05, 0) is 62.9 Å². The molecule has 0 amide bonds. The van der Waals surface area contributed by atoms with Crippen LogP contribution < -0.4 is 0 Å². The SMILES string of the molecule is O=C(CCC1CCCCO1)C1CCOC2(CCSCC2)C1. The van der Waals surface area contributed by atoms with Crippen molar-refractivity contribution in [3.63, 3.8) is 0 Å². The molecule has 0 aromatic rings. The Balaban J connectivity index is 1.47.